The number of hydrogen-bond donors (Lipinski definition) is 1. The van der Waals surface area contributed by atoms with Crippen molar-refractivity contribution in [3.05, 3.63) is 35.6 Å². The van der Waals surface area contributed by atoms with E-state index in [1.54, 1.807) is 17.0 Å². The summed E-state index contributed by atoms with van der Waals surface area (Å²) in [4.78, 5) is 13.6. The summed E-state index contributed by atoms with van der Waals surface area (Å²) in [5, 5.41) is 2.64. The zero-order valence-electron chi connectivity index (χ0n) is 11.3. The minimum Gasteiger partial charge on any atom is -0.367 e. The van der Waals surface area contributed by atoms with Crippen molar-refractivity contribution in [1.82, 2.24) is 10.2 Å². The molecule has 1 aromatic rings. The van der Waals surface area contributed by atoms with E-state index in [-0.39, 0.29) is 30.6 Å². The van der Waals surface area contributed by atoms with Crippen LogP contribution in [0.2, 0.25) is 0 Å². The van der Waals surface area contributed by atoms with E-state index in [1.807, 2.05) is 6.92 Å². The molecule has 106 valence electrons. The molecular formula is C15H17FN2O2. The van der Waals surface area contributed by atoms with E-state index in [2.05, 4.69) is 11.2 Å². The van der Waals surface area contributed by atoms with Gasteiger partial charge in [0.2, 0.25) is 0 Å². The molecule has 0 aliphatic carbocycles. The number of urea groups is 1. The van der Waals surface area contributed by atoms with Gasteiger partial charge in [-0.1, -0.05) is 18.1 Å². The van der Waals surface area contributed by atoms with Crippen LogP contribution in [0.3, 0.4) is 0 Å². The largest absolute Gasteiger partial charge is 0.367 e. The maximum atomic E-state index is 12.9. The van der Waals surface area contributed by atoms with Gasteiger partial charge in [-0.2, -0.15) is 0 Å². The van der Waals surface area contributed by atoms with E-state index >= 15 is 0 Å². The molecule has 2 rings (SSSR count). The average Bonchev–Trinajstić information content (AvgIpc) is 2.44. The second-order valence-electron chi connectivity index (χ2n) is 4.75. The van der Waals surface area contributed by atoms with Gasteiger partial charge in [0.15, 0.2) is 0 Å². The Morgan fingerprint density at radius 1 is 1.50 bits per heavy atom. The van der Waals surface area contributed by atoms with E-state index in [9.17, 15) is 9.18 Å². The summed E-state index contributed by atoms with van der Waals surface area (Å²) in [7, 11) is 0. The lowest BCUT2D eigenvalue weighted by atomic mass is 10.1. The number of ether oxygens (including phenoxy) is 1. The highest BCUT2D eigenvalue weighted by molar-refractivity contribution is 5.74. The summed E-state index contributed by atoms with van der Waals surface area (Å²) in [6.45, 7) is 3.03. The van der Waals surface area contributed by atoms with Crippen molar-refractivity contribution in [2.45, 2.75) is 19.1 Å². The van der Waals surface area contributed by atoms with Gasteiger partial charge in [0.05, 0.1) is 19.2 Å². The van der Waals surface area contributed by atoms with Gasteiger partial charge in [0, 0.05) is 6.54 Å². The second-order valence-corrected chi connectivity index (χ2v) is 4.75. The van der Waals surface area contributed by atoms with Crippen LogP contribution in [0.1, 0.15) is 18.6 Å². The molecule has 2 atom stereocenters. The SMILES string of the molecule is C#CCNC(=O)N1CC(C)OC(c2ccc(F)cc2)C1. The molecule has 0 spiro atoms. The third-order valence-corrected chi connectivity index (χ3v) is 3.13. The lowest BCUT2D eigenvalue weighted by Crippen LogP contribution is -2.49. The lowest BCUT2D eigenvalue weighted by Gasteiger charge is -2.36. The van der Waals surface area contributed by atoms with Crippen LogP contribution in [-0.4, -0.2) is 36.7 Å². The Morgan fingerprint density at radius 3 is 2.85 bits per heavy atom. The molecule has 0 aromatic heterocycles. The molecule has 0 radical (unpaired) electrons. The summed E-state index contributed by atoms with van der Waals surface area (Å²) in [5.74, 6) is 2.08. The molecule has 2 unspecified atom stereocenters. The molecule has 4 nitrogen and oxygen atoms in total. The van der Waals surface area contributed by atoms with Crippen LogP contribution in [0.4, 0.5) is 9.18 Å². The van der Waals surface area contributed by atoms with Crippen LogP contribution in [0.25, 0.3) is 0 Å². The molecule has 1 aliphatic heterocycles. The molecular weight excluding hydrogens is 259 g/mol. The monoisotopic (exact) mass is 276 g/mol. The molecule has 0 bridgehead atoms. The van der Waals surface area contributed by atoms with Gasteiger partial charge in [0.25, 0.3) is 0 Å². The average molecular weight is 276 g/mol. The number of rotatable bonds is 2. The van der Waals surface area contributed by atoms with E-state index in [0.717, 1.165) is 5.56 Å². The number of carbonyl (C=O) groups is 1. The number of hydrogen-bond acceptors (Lipinski definition) is 2. The summed E-state index contributed by atoms with van der Waals surface area (Å²) in [6, 6.07) is 5.93. The number of carbonyl (C=O) groups excluding carboxylic acids is 1. The smallest absolute Gasteiger partial charge is 0.318 e. The molecule has 1 aliphatic rings. The summed E-state index contributed by atoms with van der Waals surface area (Å²) < 4.78 is 18.8. The van der Waals surface area contributed by atoms with Gasteiger partial charge in [-0.05, 0) is 24.6 Å². The molecule has 1 saturated heterocycles. The van der Waals surface area contributed by atoms with Gasteiger partial charge in [-0.15, -0.1) is 6.42 Å². The fourth-order valence-corrected chi connectivity index (χ4v) is 2.22. The van der Waals surface area contributed by atoms with E-state index in [4.69, 9.17) is 11.2 Å². The van der Waals surface area contributed by atoms with Crippen LogP contribution < -0.4 is 5.32 Å². The highest BCUT2D eigenvalue weighted by atomic mass is 19.1. The Balaban J connectivity index is 2.06. The normalized spacial score (nSPS) is 22.1. The second kappa shape index (κ2) is 6.40. The number of nitrogens with one attached hydrogen (secondary N) is 1. The lowest BCUT2D eigenvalue weighted by molar-refractivity contribution is -0.0655. The molecule has 20 heavy (non-hydrogen) atoms. The van der Waals surface area contributed by atoms with E-state index < -0.39 is 0 Å². The van der Waals surface area contributed by atoms with Crippen molar-refractivity contribution >= 4 is 6.03 Å². The van der Waals surface area contributed by atoms with E-state index in [0.29, 0.717) is 13.1 Å². The van der Waals surface area contributed by atoms with Crippen LogP contribution >= 0.6 is 0 Å². The molecule has 5 heteroatoms. The quantitative estimate of drug-likeness (QED) is 0.839. The Bertz CT molecular complexity index is 510. The van der Waals surface area contributed by atoms with Gasteiger partial charge >= 0.3 is 6.03 Å². The van der Waals surface area contributed by atoms with Crippen molar-refractivity contribution in [2.24, 2.45) is 0 Å². The number of benzene rings is 1. The fraction of sp³-hybridized carbons (Fsp3) is 0.400. The third kappa shape index (κ3) is 3.49. The molecule has 2 amide bonds. The number of morpholine rings is 1. The van der Waals surface area contributed by atoms with Crippen molar-refractivity contribution < 1.29 is 13.9 Å². The topological polar surface area (TPSA) is 41.6 Å². The van der Waals surface area contributed by atoms with Crippen molar-refractivity contribution in [2.75, 3.05) is 19.6 Å². The maximum absolute atomic E-state index is 12.9. The first-order valence-corrected chi connectivity index (χ1v) is 6.47. The summed E-state index contributed by atoms with van der Waals surface area (Å²) in [6.07, 6.45) is 4.78. The van der Waals surface area contributed by atoms with Gasteiger partial charge in [-0.3, -0.25) is 0 Å². The Morgan fingerprint density at radius 2 is 2.20 bits per heavy atom. The molecule has 1 N–H and O–H groups in total. The summed E-state index contributed by atoms with van der Waals surface area (Å²) >= 11 is 0. The number of amides is 2. The van der Waals surface area contributed by atoms with Crippen molar-refractivity contribution in [1.29, 1.82) is 0 Å². The number of halogens is 1. The first kappa shape index (κ1) is 14.4. The number of nitrogens with zero attached hydrogens (tertiary/aromatic N) is 1. The predicted octanol–water partition coefficient (Wildman–Crippen LogP) is 1.93. The van der Waals surface area contributed by atoms with Gasteiger partial charge in [-0.25, -0.2) is 9.18 Å². The third-order valence-electron chi connectivity index (χ3n) is 3.13. The van der Waals surface area contributed by atoms with Gasteiger partial charge in [0.1, 0.15) is 11.9 Å². The van der Waals surface area contributed by atoms with Crippen LogP contribution in [-0.2, 0) is 4.74 Å². The highest BCUT2D eigenvalue weighted by Gasteiger charge is 2.29. The van der Waals surface area contributed by atoms with Crippen molar-refractivity contribution in [3.8, 4) is 12.3 Å². The molecule has 1 fully saturated rings. The van der Waals surface area contributed by atoms with E-state index in [1.165, 1.54) is 12.1 Å². The molecule has 1 aromatic carbocycles. The summed E-state index contributed by atoms with van der Waals surface area (Å²) in [5.41, 5.74) is 0.854. The molecule has 1 heterocycles. The number of terminal acetylenes is 1. The predicted molar refractivity (Wildman–Crippen MR) is 73.5 cm³/mol. The van der Waals surface area contributed by atoms with Crippen LogP contribution in [0.5, 0.6) is 0 Å². The van der Waals surface area contributed by atoms with Crippen LogP contribution in [0.15, 0.2) is 24.3 Å². The highest BCUT2D eigenvalue weighted by Crippen LogP contribution is 2.25. The van der Waals surface area contributed by atoms with Crippen LogP contribution in [0, 0.1) is 18.2 Å². The maximum Gasteiger partial charge on any atom is 0.318 e. The molecule has 0 saturated carbocycles. The zero-order chi connectivity index (χ0) is 14.5. The Hall–Kier alpha value is -2.06. The Kier molecular flexibility index (Phi) is 4.59. The van der Waals surface area contributed by atoms with Gasteiger partial charge < -0.3 is 15.0 Å². The minimum atomic E-state index is -0.291. The fourth-order valence-electron chi connectivity index (χ4n) is 2.22. The first-order valence-electron chi connectivity index (χ1n) is 6.47. The minimum absolute atomic E-state index is 0.0876. The zero-order valence-corrected chi connectivity index (χ0v) is 11.3. The van der Waals surface area contributed by atoms with Crippen molar-refractivity contribution in [3.63, 3.8) is 0 Å². The standard InChI is InChI=1S/C15H17FN2O2/c1-3-8-17-15(19)18-9-11(2)20-14(10-18)12-4-6-13(16)7-5-12/h1,4-7,11,14H,8-10H2,2H3,(H,17,19). The Labute approximate surface area is 117 Å². The first-order chi connectivity index (χ1) is 9.60.